The largest absolute Gasteiger partial charge is 0.495 e. The zero-order chi connectivity index (χ0) is 14.7. The van der Waals surface area contributed by atoms with Crippen LogP contribution in [0.25, 0.3) is 11.4 Å². The first-order chi connectivity index (χ1) is 10.3. The Hall–Kier alpha value is -2.05. The smallest absolute Gasteiger partial charge is 0.246 e. The number of hydrogen-bond donors (Lipinski definition) is 1. The van der Waals surface area contributed by atoms with Crippen LogP contribution in [0, 0.1) is 0 Å². The fourth-order valence-corrected chi connectivity index (χ4v) is 2.68. The van der Waals surface area contributed by atoms with Gasteiger partial charge in [0.1, 0.15) is 5.75 Å². The van der Waals surface area contributed by atoms with Crippen LogP contribution in [0.3, 0.4) is 0 Å². The van der Waals surface area contributed by atoms with Crippen LogP contribution >= 0.6 is 22.9 Å². The van der Waals surface area contributed by atoms with Gasteiger partial charge >= 0.3 is 0 Å². The Morgan fingerprint density at radius 2 is 2.29 bits per heavy atom. The van der Waals surface area contributed by atoms with Gasteiger partial charge in [-0.05, 0) is 29.6 Å². The van der Waals surface area contributed by atoms with Gasteiger partial charge in [-0.3, -0.25) is 0 Å². The van der Waals surface area contributed by atoms with E-state index < -0.39 is 0 Å². The fraction of sp³-hybridized carbons (Fsp3) is 0.143. The molecule has 3 rings (SSSR count). The molecule has 0 unspecified atom stereocenters. The van der Waals surface area contributed by atoms with Gasteiger partial charge in [-0.2, -0.15) is 16.3 Å². The Morgan fingerprint density at radius 1 is 1.38 bits per heavy atom. The zero-order valence-corrected chi connectivity index (χ0v) is 12.7. The summed E-state index contributed by atoms with van der Waals surface area (Å²) in [6.45, 7) is 0.430. The molecule has 1 N–H and O–H groups in total. The number of benzene rings is 1. The number of rotatable bonds is 5. The number of nitrogens with zero attached hydrogens (tertiary/aromatic N) is 2. The number of nitrogens with one attached hydrogen (secondary N) is 1. The third kappa shape index (κ3) is 3.17. The first-order valence-corrected chi connectivity index (χ1v) is 7.51. The number of methoxy groups -OCH3 is 1. The van der Waals surface area contributed by atoms with Crippen LogP contribution in [0.15, 0.2) is 39.5 Å². The Bertz CT molecular complexity index is 728. The van der Waals surface area contributed by atoms with E-state index in [0.29, 0.717) is 29.0 Å². The molecule has 108 valence electrons. The van der Waals surface area contributed by atoms with Crippen LogP contribution in [0.4, 0.5) is 5.69 Å². The minimum Gasteiger partial charge on any atom is -0.495 e. The van der Waals surface area contributed by atoms with E-state index in [1.165, 1.54) is 0 Å². The molecule has 2 aromatic heterocycles. The quantitative estimate of drug-likeness (QED) is 0.767. The highest BCUT2D eigenvalue weighted by molar-refractivity contribution is 7.08. The van der Waals surface area contributed by atoms with E-state index in [2.05, 4.69) is 15.5 Å². The van der Waals surface area contributed by atoms with Crippen molar-refractivity contribution in [2.45, 2.75) is 6.54 Å². The summed E-state index contributed by atoms with van der Waals surface area (Å²) >= 11 is 7.66. The number of halogens is 1. The molecule has 0 saturated carbocycles. The maximum atomic E-state index is 6.07. The van der Waals surface area contributed by atoms with Gasteiger partial charge in [0.05, 0.1) is 18.7 Å². The molecule has 0 radical (unpaired) electrons. The average Bonchev–Trinajstić information content (AvgIpc) is 3.16. The zero-order valence-electron chi connectivity index (χ0n) is 11.2. The van der Waals surface area contributed by atoms with E-state index in [1.54, 1.807) is 30.6 Å². The number of thiophene rings is 1. The van der Waals surface area contributed by atoms with Crippen molar-refractivity contribution in [2.24, 2.45) is 0 Å². The molecule has 5 nitrogen and oxygen atoms in total. The van der Waals surface area contributed by atoms with E-state index in [1.807, 2.05) is 22.9 Å². The molecule has 0 bridgehead atoms. The lowest BCUT2D eigenvalue weighted by molar-refractivity contribution is 0.384. The van der Waals surface area contributed by atoms with E-state index in [4.69, 9.17) is 20.9 Å². The fourth-order valence-electron chi connectivity index (χ4n) is 1.79. The topological polar surface area (TPSA) is 60.2 Å². The average molecular weight is 322 g/mol. The maximum absolute atomic E-state index is 6.07. The molecule has 0 fully saturated rings. The predicted molar refractivity (Wildman–Crippen MR) is 82.9 cm³/mol. The Labute approximate surface area is 130 Å². The standard InChI is InChI=1S/C14H12ClN3O2S/c1-19-12-3-2-10(6-11(12)15)16-7-13-17-14(18-20-13)9-4-5-21-8-9/h2-6,8,16H,7H2,1H3. The second-order valence-electron chi connectivity index (χ2n) is 4.23. The van der Waals surface area contributed by atoms with Crippen molar-refractivity contribution < 1.29 is 9.26 Å². The van der Waals surface area contributed by atoms with Crippen molar-refractivity contribution >= 4 is 28.6 Å². The van der Waals surface area contributed by atoms with Crippen LogP contribution in [0.5, 0.6) is 5.75 Å². The van der Waals surface area contributed by atoms with Crippen molar-refractivity contribution in [1.82, 2.24) is 10.1 Å². The summed E-state index contributed by atoms with van der Waals surface area (Å²) in [5.41, 5.74) is 1.82. The van der Waals surface area contributed by atoms with Crippen LogP contribution in [-0.4, -0.2) is 17.3 Å². The second-order valence-corrected chi connectivity index (χ2v) is 5.41. The van der Waals surface area contributed by atoms with Gasteiger partial charge in [0.2, 0.25) is 11.7 Å². The summed E-state index contributed by atoms with van der Waals surface area (Å²) in [7, 11) is 1.58. The van der Waals surface area contributed by atoms with Crippen molar-refractivity contribution in [3.63, 3.8) is 0 Å². The number of ether oxygens (including phenoxy) is 1. The Balaban J connectivity index is 1.66. The third-order valence-electron chi connectivity index (χ3n) is 2.84. The third-order valence-corrected chi connectivity index (χ3v) is 3.82. The van der Waals surface area contributed by atoms with E-state index >= 15 is 0 Å². The predicted octanol–water partition coefficient (Wildman–Crippen LogP) is 4.07. The number of anilines is 1. The van der Waals surface area contributed by atoms with E-state index in [-0.39, 0.29) is 0 Å². The van der Waals surface area contributed by atoms with Crippen molar-refractivity contribution in [1.29, 1.82) is 0 Å². The second kappa shape index (κ2) is 6.15. The van der Waals surface area contributed by atoms with Gasteiger partial charge in [0.15, 0.2) is 0 Å². The SMILES string of the molecule is COc1ccc(NCc2nc(-c3ccsc3)no2)cc1Cl. The van der Waals surface area contributed by atoms with Gasteiger partial charge in [-0.1, -0.05) is 16.8 Å². The molecule has 7 heteroatoms. The molecule has 1 aromatic carbocycles. The van der Waals surface area contributed by atoms with Gasteiger partial charge in [0.25, 0.3) is 0 Å². The van der Waals surface area contributed by atoms with Crippen molar-refractivity contribution in [3.05, 3.63) is 45.9 Å². The molecular formula is C14H12ClN3O2S. The van der Waals surface area contributed by atoms with Gasteiger partial charge in [0, 0.05) is 16.6 Å². The normalized spacial score (nSPS) is 10.6. The molecule has 0 spiro atoms. The van der Waals surface area contributed by atoms with Gasteiger partial charge in [-0.25, -0.2) is 0 Å². The molecule has 3 aromatic rings. The van der Waals surface area contributed by atoms with E-state index in [9.17, 15) is 0 Å². The van der Waals surface area contributed by atoms with E-state index in [0.717, 1.165) is 11.3 Å². The molecular weight excluding hydrogens is 310 g/mol. The monoisotopic (exact) mass is 321 g/mol. The summed E-state index contributed by atoms with van der Waals surface area (Å²) in [6.07, 6.45) is 0. The highest BCUT2D eigenvalue weighted by Gasteiger charge is 2.09. The molecule has 0 aliphatic heterocycles. The van der Waals surface area contributed by atoms with Crippen LogP contribution in [0.1, 0.15) is 5.89 Å². The summed E-state index contributed by atoms with van der Waals surface area (Å²) in [5.74, 6) is 1.75. The lowest BCUT2D eigenvalue weighted by Crippen LogP contribution is -1.99. The van der Waals surface area contributed by atoms with Crippen LogP contribution in [0.2, 0.25) is 5.02 Å². The molecule has 21 heavy (non-hydrogen) atoms. The molecule has 0 atom stereocenters. The summed E-state index contributed by atoms with van der Waals surface area (Å²) < 4.78 is 10.3. The van der Waals surface area contributed by atoms with Crippen LogP contribution < -0.4 is 10.1 Å². The Morgan fingerprint density at radius 3 is 3.00 bits per heavy atom. The summed E-state index contributed by atoms with van der Waals surface area (Å²) in [4.78, 5) is 4.33. The van der Waals surface area contributed by atoms with Gasteiger partial charge < -0.3 is 14.6 Å². The molecule has 2 heterocycles. The minimum absolute atomic E-state index is 0.430. The lowest BCUT2D eigenvalue weighted by atomic mass is 10.3. The molecule has 0 aliphatic carbocycles. The molecule has 0 aliphatic rings. The highest BCUT2D eigenvalue weighted by atomic mass is 35.5. The number of hydrogen-bond acceptors (Lipinski definition) is 6. The van der Waals surface area contributed by atoms with Crippen molar-refractivity contribution in [3.8, 4) is 17.1 Å². The van der Waals surface area contributed by atoms with Crippen molar-refractivity contribution in [2.75, 3.05) is 12.4 Å². The molecule has 0 amide bonds. The van der Waals surface area contributed by atoms with Gasteiger partial charge in [-0.15, -0.1) is 0 Å². The lowest BCUT2D eigenvalue weighted by Gasteiger charge is -2.06. The minimum atomic E-state index is 0.430. The number of aromatic nitrogens is 2. The first-order valence-electron chi connectivity index (χ1n) is 6.19. The summed E-state index contributed by atoms with van der Waals surface area (Å²) in [5, 5.41) is 11.6. The first kappa shape index (κ1) is 13.9. The summed E-state index contributed by atoms with van der Waals surface area (Å²) in [6, 6.07) is 7.42. The van der Waals surface area contributed by atoms with Crippen LogP contribution in [-0.2, 0) is 6.54 Å². The Kier molecular flexibility index (Phi) is 4.08. The molecule has 0 saturated heterocycles. The maximum Gasteiger partial charge on any atom is 0.246 e. The highest BCUT2D eigenvalue weighted by Crippen LogP contribution is 2.27.